The van der Waals surface area contributed by atoms with Gasteiger partial charge in [0.2, 0.25) is 0 Å². The molecule has 0 N–H and O–H groups in total. The van der Waals surface area contributed by atoms with Gasteiger partial charge in [-0.1, -0.05) is 40.8 Å². The number of carbonyl (C=O) groups excluding carboxylic acids is 1. The second-order valence-electron chi connectivity index (χ2n) is 9.28. The Kier molecular flexibility index (Phi) is 8.53. The van der Waals surface area contributed by atoms with Gasteiger partial charge in [0.15, 0.2) is 17.8 Å². The van der Waals surface area contributed by atoms with Crippen molar-refractivity contribution < 1.29 is 9.53 Å². The fourth-order valence-corrected chi connectivity index (χ4v) is 5.09. The van der Waals surface area contributed by atoms with E-state index in [0.29, 0.717) is 35.3 Å². The van der Waals surface area contributed by atoms with Gasteiger partial charge >= 0.3 is 5.69 Å². The molecular formula is C26H33IN6O4. The number of piperazine rings is 1. The lowest BCUT2D eigenvalue weighted by atomic mass is 10.2. The summed E-state index contributed by atoms with van der Waals surface area (Å²) in [5.74, 6) is 1.20. The summed E-state index contributed by atoms with van der Waals surface area (Å²) in [6, 6.07) is 7.93. The van der Waals surface area contributed by atoms with E-state index < -0.39 is 0 Å². The number of amides is 1. The molecule has 1 aromatic carbocycles. The molecule has 0 aliphatic carbocycles. The number of imidazole rings is 1. The van der Waals surface area contributed by atoms with Gasteiger partial charge in [-0.05, 0) is 44.5 Å². The summed E-state index contributed by atoms with van der Waals surface area (Å²) in [7, 11) is 1.77. The molecule has 198 valence electrons. The molecule has 3 heterocycles. The Hall–Kier alpha value is -2.93. The lowest BCUT2D eigenvalue weighted by Gasteiger charge is -2.36. The smallest absolute Gasteiger partial charge is 0.333 e. The zero-order valence-corrected chi connectivity index (χ0v) is 23.8. The number of halogens is 1. The first-order chi connectivity index (χ1) is 17.7. The van der Waals surface area contributed by atoms with E-state index >= 15 is 0 Å². The first kappa shape index (κ1) is 27.1. The largest absolute Gasteiger partial charge is 0.484 e. The second-order valence-corrected chi connectivity index (χ2v) is 9.96. The van der Waals surface area contributed by atoms with Crippen LogP contribution in [0.5, 0.6) is 5.75 Å². The highest BCUT2D eigenvalue weighted by Crippen LogP contribution is 2.17. The van der Waals surface area contributed by atoms with Crippen LogP contribution >= 0.6 is 22.6 Å². The molecule has 1 saturated heterocycles. The van der Waals surface area contributed by atoms with Crippen LogP contribution in [-0.2, 0) is 22.9 Å². The molecule has 1 amide bonds. The second kappa shape index (κ2) is 11.6. The number of benzene rings is 1. The molecule has 0 saturated carbocycles. The Morgan fingerprint density at radius 3 is 2.35 bits per heavy atom. The maximum absolute atomic E-state index is 12.9. The van der Waals surface area contributed by atoms with Gasteiger partial charge in [-0.15, -0.1) is 0 Å². The molecule has 0 bridgehead atoms. The lowest BCUT2D eigenvalue weighted by molar-refractivity contribution is -0.135. The summed E-state index contributed by atoms with van der Waals surface area (Å²) in [5, 5.41) is 0. The fourth-order valence-electron chi connectivity index (χ4n) is 4.49. The van der Waals surface area contributed by atoms with Gasteiger partial charge in [-0.3, -0.25) is 19.1 Å². The zero-order valence-electron chi connectivity index (χ0n) is 21.7. The highest BCUT2D eigenvalue weighted by Gasteiger charge is 2.22. The van der Waals surface area contributed by atoms with Crippen molar-refractivity contribution in [3.8, 4) is 5.75 Å². The number of aryl methyl sites for hydroxylation is 2. The topological polar surface area (TPSA) is 94.6 Å². The number of alkyl halides is 1. The number of nitrogens with zero attached hydrogens (tertiary/aromatic N) is 6. The molecule has 37 heavy (non-hydrogen) atoms. The van der Waals surface area contributed by atoms with Crippen molar-refractivity contribution in [2.75, 3.05) is 32.8 Å². The van der Waals surface area contributed by atoms with Crippen molar-refractivity contribution in [1.29, 1.82) is 0 Å². The van der Waals surface area contributed by atoms with Gasteiger partial charge < -0.3 is 14.2 Å². The number of carbonyl (C=O) groups is 1. The van der Waals surface area contributed by atoms with E-state index in [1.54, 1.807) is 11.6 Å². The summed E-state index contributed by atoms with van der Waals surface area (Å²) >= 11 is 2.01. The van der Waals surface area contributed by atoms with Gasteiger partial charge in [0.25, 0.3) is 11.5 Å². The van der Waals surface area contributed by atoms with Crippen LogP contribution in [0.4, 0.5) is 0 Å². The molecule has 11 heteroatoms. The minimum absolute atomic E-state index is 0.00131. The molecule has 10 nitrogen and oxygen atoms in total. The van der Waals surface area contributed by atoms with Gasteiger partial charge in [-0.25, -0.2) is 14.3 Å². The van der Waals surface area contributed by atoms with Crippen molar-refractivity contribution in [3.63, 3.8) is 0 Å². The average molecular weight is 620 g/mol. The van der Waals surface area contributed by atoms with Crippen LogP contribution in [-0.4, -0.2) is 73.2 Å². The fraction of sp³-hybridized carbons (Fsp3) is 0.462. The third-order valence-corrected chi connectivity index (χ3v) is 7.46. The maximum Gasteiger partial charge on any atom is 0.333 e. The quantitative estimate of drug-likeness (QED) is 0.284. The molecule has 0 atom stereocenters. The van der Waals surface area contributed by atoms with Crippen molar-refractivity contribution in [1.82, 2.24) is 28.5 Å². The van der Waals surface area contributed by atoms with Crippen LogP contribution in [0, 0.1) is 0 Å². The Balaban J connectivity index is 1.43. The molecule has 4 rings (SSSR count). The van der Waals surface area contributed by atoms with Crippen LogP contribution in [0.3, 0.4) is 0 Å². The predicted octanol–water partition coefficient (Wildman–Crippen LogP) is 2.41. The normalized spacial score (nSPS) is 14.8. The molecule has 2 aromatic heterocycles. The molecule has 0 unspecified atom stereocenters. The molecule has 1 aliphatic rings. The summed E-state index contributed by atoms with van der Waals surface area (Å²) < 4.78 is 10.5. The molecule has 0 radical (unpaired) electrons. The summed E-state index contributed by atoms with van der Waals surface area (Å²) in [5.41, 5.74) is 1.01. The van der Waals surface area contributed by atoms with E-state index in [2.05, 4.69) is 23.7 Å². The number of hydrogen-bond acceptors (Lipinski definition) is 6. The van der Waals surface area contributed by atoms with Crippen LogP contribution in [0.25, 0.3) is 23.3 Å². The Morgan fingerprint density at radius 2 is 1.76 bits per heavy atom. The van der Waals surface area contributed by atoms with Gasteiger partial charge in [-0.2, -0.15) is 0 Å². The van der Waals surface area contributed by atoms with Crippen LogP contribution in [0.15, 0.2) is 33.9 Å². The van der Waals surface area contributed by atoms with E-state index in [1.165, 1.54) is 9.13 Å². The lowest BCUT2D eigenvalue weighted by Crippen LogP contribution is -2.51. The summed E-state index contributed by atoms with van der Waals surface area (Å²) in [4.78, 5) is 46.8. The van der Waals surface area contributed by atoms with Crippen LogP contribution in [0.2, 0.25) is 0 Å². The van der Waals surface area contributed by atoms with Crippen LogP contribution in [0.1, 0.15) is 32.2 Å². The molecule has 3 aromatic rings. The van der Waals surface area contributed by atoms with Gasteiger partial charge in [0, 0.05) is 45.8 Å². The Morgan fingerprint density at radius 1 is 1.08 bits per heavy atom. The standard InChI is InChI=1S/C26H33IN6O4/c1-5-32-24-23(25(35)33(17-27)26(32)36)29(4)21(28-24)11-8-19-6-9-20(10-7-19)37-16-22(34)31-14-12-30(13-15-31)18(2)3/h6-11,18H,5,12-17H2,1-4H3/b11-8+. The first-order valence-corrected chi connectivity index (χ1v) is 14.0. The van der Waals surface area contributed by atoms with E-state index in [0.717, 1.165) is 31.7 Å². The van der Waals surface area contributed by atoms with Crippen molar-refractivity contribution in [2.24, 2.45) is 7.05 Å². The average Bonchev–Trinajstić information content (AvgIpc) is 3.23. The van der Waals surface area contributed by atoms with E-state index in [9.17, 15) is 14.4 Å². The monoisotopic (exact) mass is 620 g/mol. The Labute approximate surface area is 229 Å². The summed E-state index contributed by atoms with van der Waals surface area (Å²) in [6.07, 6.45) is 3.70. The van der Waals surface area contributed by atoms with Crippen LogP contribution < -0.4 is 16.0 Å². The highest BCUT2D eigenvalue weighted by atomic mass is 127. The first-order valence-electron chi connectivity index (χ1n) is 12.4. The van der Waals surface area contributed by atoms with Gasteiger partial charge in [0.05, 0.1) is 4.55 Å². The molecular weight excluding hydrogens is 587 g/mol. The molecule has 0 spiro atoms. The maximum atomic E-state index is 12.9. The third kappa shape index (κ3) is 5.66. The van der Waals surface area contributed by atoms with Gasteiger partial charge in [0.1, 0.15) is 11.6 Å². The zero-order chi connectivity index (χ0) is 26.7. The van der Waals surface area contributed by atoms with Crippen molar-refractivity contribution in [3.05, 3.63) is 56.5 Å². The van der Waals surface area contributed by atoms with Crippen molar-refractivity contribution >= 4 is 51.8 Å². The minimum atomic E-state index is -0.352. The van der Waals surface area contributed by atoms with E-state index in [1.807, 2.05) is 70.8 Å². The van der Waals surface area contributed by atoms with E-state index in [4.69, 9.17) is 4.74 Å². The molecule has 1 fully saturated rings. The highest BCUT2D eigenvalue weighted by molar-refractivity contribution is 14.1. The number of fused-ring (bicyclic) bond motifs is 1. The van der Waals surface area contributed by atoms with Crippen molar-refractivity contribution in [2.45, 2.75) is 37.9 Å². The number of rotatable bonds is 8. The minimum Gasteiger partial charge on any atom is -0.484 e. The molecule has 1 aliphatic heterocycles. The Bertz CT molecular complexity index is 1410. The number of ether oxygens (including phenoxy) is 1. The summed E-state index contributed by atoms with van der Waals surface area (Å²) in [6.45, 7) is 9.88. The third-order valence-electron chi connectivity index (χ3n) is 6.78. The SMILES string of the molecule is CCn1c(=O)n(CI)c(=O)c2c1nc(/C=C/c1ccc(OCC(=O)N3CCN(C(C)C)CC3)cc1)n2C. The predicted molar refractivity (Wildman–Crippen MR) is 153 cm³/mol. The van der Waals surface area contributed by atoms with E-state index in [-0.39, 0.29) is 28.3 Å². The number of aromatic nitrogens is 4. The number of hydrogen-bond donors (Lipinski definition) is 0.